The summed E-state index contributed by atoms with van der Waals surface area (Å²) < 4.78 is 1.76. The number of hydrogen-bond donors (Lipinski definition) is 0. The second-order valence-electron chi connectivity index (χ2n) is 4.11. The van der Waals surface area contributed by atoms with Gasteiger partial charge in [-0.25, -0.2) is 9.97 Å². The van der Waals surface area contributed by atoms with Crippen molar-refractivity contribution >= 4 is 11.6 Å². The highest BCUT2D eigenvalue weighted by Gasteiger charge is 2.09. The molecule has 19 heavy (non-hydrogen) atoms. The smallest absolute Gasteiger partial charge is 0.161 e. The maximum Gasteiger partial charge on any atom is 0.161 e. The van der Waals surface area contributed by atoms with Gasteiger partial charge in [-0.2, -0.15) is 5.10 Å². The number of aromatic nitrogens is 4. The van der Waals surface area contributed by atoms with E-state index in [2.05, 4.69) is 15.1 Å². The SMILES string of the molecule is Cn1nccc1-c1cc(Cl)nc(-c2ccccc2)n1. The number of benzene rings is 1. The molecule has 0 atom stereocenters. The lowest BCUT2D eigenvalue weighted by atomic mass is 10.2. The largest absolute Gasteiger partial charge is 0.266 e. The lowest BCUT2D eigenvalue weighted by Crippen LogP contribution is -1.98. The highest BCUT2D eigenvalue weighted by Crippen LogP contribution is 2.23. The predicted molar refractivity (Wildman–Crippen MR) is 74.7 cm³/mol. The van der Waals surface area contributed by atoms with E-state index in [-0.39, 0.29) is 0 Å². The summed E-state index contributed by atoms with van der Waals surface area (Å²) in [5.74, 6) is 0.615. The Balaban J connectivity index is 2.14. The van der Waals surface area contributed by atoms with Crippen LogP contribution in [0.4, 0.5) is 0 Å². The van der Waals surface area contributed by atoms with Crippen LogP contribution in [-0.4, -0.2) is 19.7 Å². The molecule has 94 valence electrons. The normalized spacial score (nSPS) is 10.6. The van der Waals surface area contributed by atoms with Crippen molar-refractivity contribution in [2.75, 3.05) is 0 Å². The van der Waals surface area contributed by atoms with Gasteiger partial charge in [0.2, 0.25) is 0 Å². The quantitative estimate of drug-likeness (QED) is 0.672. The third-order valence-corrected chi connectivity index (χ3v) is 3.00. The zero-order chi connectivity index (χ0) is 13.2. The molecule has 2 heterocycles. The van der Waals surface area contributed by atoms with Crippen molar-refractivity contribution in [3.63, 3.8) is 0 Å². The Kier molecular flexibility index (Phi) is 3.01. The molecule has 3 rings (SSSR count). The van der Waals surface area contributed by atoms with Crippen LogP contribution in [-0.2, 0) is 7.05 Å². The van der Waals surface area contributed by atoms with Crippen LogP contribution in [0.5, 0.6) is 0 Å². The fourth-order valence-corrected chi connectivity index (χ4v) is 2.07. The molecule has 4 nitrogen and oxygen atoms in total. The van der Waals surface area contributed by atoms with Crippen LogP contribution in [0.2, 0.25) is 5.15 Å². The van der Waals surface area contributed by atoms with Crippen molar-refractivity contribution in [3.05, 3.63) is 53.8 Å². The summed E-state index contributed by atoms with van der Waals surface area (Å²) in [6.45, 7) is 0. The molecule has 0 saturated heterocycles. The van der Waals surface area contributed by atoms with Crippen LogP contribution in [0.1, 0.15) is 0 Å². The minimum absolute atomic E-state index is 0.421. The van der Waals surface area contributed by atoms with E-state index in [1.165, 1.54) is 0 Å². The third kappa shape index (κ3) is 2.35. The van der Waals surface area contributed by atoms with Crippen molar-refractivity contribution in [3.8, 4) is 22.8 Å². The molecule has 5 heteroatoms. The zero-order valence-electron chi connectivity index (χ0n) is 10.3. The van der Waals surface area contributed by atoms with Gasteiger partial charge in [0.1, 0.15) is 5.15 Å². The monoisotopic (exact) mass is 270 g/mol. The van der Waals surface area contributed by atoms with Gasteiger partial charge in [0.15, 0.2) is 5.82 Å². The molecule has 0 N–H and O–H groups in total. The van der Waals surface area contributed by atoms with E-state index in [0.29, 0.717) is 11.0 Å². The molecule has 3 aromatic rings. The molecule has 0 fully saturated rings. The van der Waals surface area contributed by atoms with Crippen LogP contribution in [0.25, 0.3) is 22.8 Å². The number of hydrogen-bond acceptors (Lipinski definition) is 3. The van der Waals surface area contributed by atoms with Crippen molar-refractivity contribution in [1.82, 2.24) is 19.7 Å². The van der Waals surface area contributed by atoms with Crippen molar-refractivity contribution < 1.29 is 0 Å². The minimum atomic E-state index is 0.421. The van der Waals surface area contributed by atoms with E-state index in [0.717, 1.165) is 17.0 Å². The zero-order valence-corrected chi connectivity index (χ0v) is 11.0. The van der Waals surface area contributed by atoms with E-state index in [9.17, 15) is 0 Å². The van der Waals surface area contributed by atoms with Gasteiger partial charge in [-0.1, -0.05) is 41.9 Å². The van der Waals surface area contributed by atoms with Gasteiger partial charge < -0.3 is 0 Å². The summed E-state index contributed by atoms with van der Waals surface area (Å²) in [6.07, 6.45) is 1.73. The van der Waals surface area contributed by atoms with Crippen molar-refractivity contribution in [2.45, 2.75) is 0 Å². The van der Waals surface area contributed by atoms with Crippen LogP contribution in [0, 0.1) is 0 Å². The molecule has 1 aromatic carbocycles. The van der Waals surface area contributed by atoms with Crippen LogP contribution in [0.3, 0.4) is 0 Å². The fraction of sp³-hybridized carbons (Fsp3) is 0.0714. The Bertz CT molecular complexity index is 706. The van der Waals surface area contributed by atoms with Gasteiger partial charge in [-0.15, -0.1) is 0 Å². The number of halogens is 1. The van der Waals surface area contributed by atoms with E-state index in [1.54, 1.807) is 16.9 Å². The first-order valence-corrected chi connectivity index (χ1v) is 6.20. The lowest BCUT2D eigenvalue weighted by molar-refractivity contribution is 0.773. The number of nitrogens with zero attached hydrogens (tertiary/aromatic N) is 4. The standard InChI is InChI=1S/C14H11ClN4/c1-19-12(7-8-16-19)11-9-13(15)18-14(17-11)10-5-3-2-4-6-10/h2-9H,1H3. The first-order valence-electron chi connectivity index (χ1n) is 5.82. The van der Waals surface area contributed by atoms with Gasteiger partial charge >= 0.3 is 0 Å². The van der Waals surface area contributed by atoms with E-state index in [4.69, 9.17) is 11.6 Å². The van der Waals surface area contributed by atoms with E-state index in [1.807, 2.05) is 43.4 Å². The summed E-state index contributed by atoms with van der Waals surface area (Å²) in [4.78, 5) is 8.82. The Labute approximate surface area is 115 Å². The molecule has 2 aromatic heterocycles. The molecule has 0 unspecified atom stereocenters. The molecule has 0 aliphatic rings. The van der Waals surface area contributed by atoms with Crippen molar-refractivity contribution in [1.29, 1.82) is 0 Å². The van der Waals surface area contributed by atoms with E-state index >= 15 is 0 Å². The molecular weight excluding hydrogens is 260 g/mol. The Morgan fingerprint density at radius 2 is 1.84 bits per heavy atom. The molecule has 0 saturated carbocycles. The average molecular weight is 271 g/mol. The van der Waals surface area contributed by atoms with Crippen LogP contribution < -0.4 is 0 Å². The van der Waals surface area contributed by atoms with Gasteiger partial charge in [-0.05, 0) is 6.07 Å². The molecule has 0 bridgehead atoms. The van der Waals surface area contributed by atoms with Gasteiger partial charge in [-0.3, -0.25) is 4.68 Å². The molecule has 0 aliphatic heterocycles. The van der Waals surface area contributed by atoms with Crippen LogP contribution in [0.15, 0.2) is 48.7 Å². The topological polar surface area (TPSA) is 43.6 Å². The maximum absolute atomic E-state index is 6.09. The highest BCUT2D eigenvalue weighted by atomic mass is 35.5. The lowest BCUT2D eigenvalue weighted by Gasteiger charge is -2.05. The summed E-state index contributed by atoms with van der Waals surface area (Å²) in [5, 5.41) is 4.56. The minimum Gasteiger partial charge on any atom is -0.266 e. The second kappa shape index (κ2) is 4.82. The first-order chi connectivity index (χ1) is 9.24. The highest BCUT2D eigenvalue weighted by molar-refractivity contribution is 6.29. The number of aryl methyl sites for hydroxylation is 1. The van der Waals surface area contributed by atoms with E-state index < -0.39 is 0 Å². The molecule has 0 spiro atoms. The van der Waals surface area contributed by atoms with Crippen molar-refractivity contribution in [2.24, 2.45) is 7.05 Å². The first kappa shape index (κ1) is 11.9. The number of rotatable bonds is 2. The van der Waals surface area contributed by atoms with Crippen LogP contribution >= 0.6 is 11.6 Å². The second-order valence-corrected chi connectivity index (χ2v) is 4.49. The summed E-state index contributed by atoms with van der Waals surface area (Å²) in [6, 6.07) is 13.4. The maximum atomic E-state index is 6.09. The summed E-state index contributed by atoms with van der Waals surface area (Å²) >= 11 is 6.09. The van der Waals surface area contributed by atoms with Gasteiger partial charge in [0.05, 0.1) is 11.4 Å². The Hall–Kier alpha value is -2.20. The molecular formula is C14H11ClN4. The van der Waals surface area contributed by atoms with Gasteiger partial charge in [0.25, 0.3) is 0 Å². The predicted octanol–water partition coefficient (Wildman–Crippen LogP) is 3.20. The average Bonchev–Trinajstić information content (AvgIpc) is 2.85. The summed E-state index contributed by atoms with van der Waals surface area (Å²) in [5.41, 5.74) is 2.61. The third-order valence-electron chi connectivity index (χ3n) is 2.81. The summed E-state index contributed by atoms with van der Waals surface area (Å²) in [7, 11) is 1.87. The van der Waals surface area contributed by atoms with Gasteiger partial charge in [0, 0.05) is 24.9 Å². The molecule has 0 radical (unpaired) electrons. The Morgan fingerprint density at radius 1 is 1.05 bits per heavy atom. The molecule has 0 amide bonds. The Morgan fingerprint density at radius 3 is 2.53 bits per heavy atom. The molecule has 0 aliphatic carbocycles. The fourth-order valence-electron chi connectivity index (χ4n) is 1.89.